The van der Waals surface area contributed by atoms with Gasteiger partial charge in [0, 0.05) is 30.1 Å². The van der Waals surface area contributed by atoms with Gasteiger partial charge in [-0.15, -0.1) is 0 Å². The number of thiocarbonyl (C=S) groups is 1. The van der Waals surface area contributed by atoms with Crippen molar-refractivity contribution < 1.29 is 0 Å². The number of benzene rings is 1. The van der Waals surface area contributed by atoms with Gasteiger partial charge < -0.3 is 10.6 Å². The van der Waals surface area contributed by atoms with Crippen LogP contribution in [0.3, 0.4) is 0 Å². The van der Waals surface area contributed by atoms with E-state index in [-0.39, 0.29) is 0 Å². The molecular weight excluding hydrogens is 276 g/mol. The zero-order valence-electron chi connectivity index (χ0n) is 10.5. The number of para-hydroxylation sites is 1. The van der Waals surface area contributed by atoms with E-state index < -0.39 is 0 Å². The Morgan fingerprint density at radius 1 is 1.42 bits per heavy atom. The molecule has 98 valence electrons. The summed E-state index contributed by atoms with van der Waals surface area (Å²) in [6.07, 6.45) is 2.42. The average molecular weight is 290 g/mol. The highest BCUT2D eigenvalue weighted by molar-refractivity contribution is 7.80. The predicted molar refractivity (Wildman–Crippen MR) is 82.3 cm³/mol. The maximum Gasteiger partial charge on any atom is 0.209 e. The minimum absolute atomic E-state index is 0.398. The van der Waals surface area contributed by atoms with Gasteiger partial charge in [-0.1, -0.05) is 24.4 Å². The highest BCUT2D eigenvalue weighted by Crippen LogP contribution is 2.40. The van der Waals surface area contributed by atoms with Crippen molar-refractivity contribution in [2.75, 3.05) is 11.9 Å². The molecule has 0 unspecified atom stereocenters. The van der Waals surface area contributed by atoms with Gasteiger partial charge >= 0.3 is 0 Å². The predicted octanol–water partition coefficient (Wildman–Crippen LogP) is 2.82. The number of rotatable bonds is 4. The van der Waals surface area contributed by atoms with E-state index in [0.29, 0.717) is 10.9 Å². The molecule has 2 N–H and O–H groups in total. The van der Waals surface area contributed by atoms with Crippen molar-refractivity contribution >= 4 is 39.6 Å². The highest BCUT2D eigenvalue weighted by atomic mass is 32.1. The zero-order valence-corrected chi connectivity index (χ0v) is 12.2. The molecule has 4 nitrogen and oxygen atoms in total. The minimum Gasteiger partial charge on any atom is -0.389 e. The van der Waals surface area contributed by atoms with E-state index in [1.165, 1.54) is 24.4 Å². The van der Waals surface area contributed by atoms with Gasteiger partial charge in [-0.05, 0) is 25.0 Å². The molecule has 1 aromatic carbocycles. The van der Waals surface area contributed by atoms with Crippen molar-refractivity contribution in [3.8, 4) is 0 Å². The molecule has 1 saturated carbocycles. The molecule has 0 amide bonds. The SMILES string of the molecule is CN(c1nc(C2CC2)ns1)c1ccccc1C(N)=S. The summed E-state index contributed by atoms with van der Waals surface area (Å²) in [6, 6.07) is 7.82. The van der Waals surface area contributed by atoms with Crippen molar-refractivity contribution in [3.05, 3.63) is 35.7 Å². The summed E-state index contributed by atoms with van der Waals surface area (Å²) in [5, 5.41) is 0.880. The average Bonchev–Trinajstić information content (AvgIpc) is 3.16. The summed E-state index contributed by atoms with van der Waals surface area (Å²) in [6.45, 7) is 0. The highest BCUT2D eigenvalue weighted by Gasteiger charge is 2.28. The van der Waals surface area contributed by atoms with Crippen LogP contribution in [0.25, 0.3) is 0 Å². The van der Waals surface area contributed by atoms with E-state index in [1.54, 1.807) is 0 Å². The Labute approximate surface area is 121 Å². The molecule has 0 atom stereocenters. The Morgan fingerprint density at radius 3 is 2.84 bits per heavy atom. The lowest BCUT2D eigenvalue weighted by atomic mass is 10.1. The second-order valence-corrected chi connectivity index (χ2v) is 5.82. The van der Waals surface area contributed by atoms with Crippen molar-refractivity contribution in [2.24, 2.45) is 5.73 Å². The number of hydrogen-bond donors (Lipinski definition) is 1. The van der Waals surface area contributed by atoms with E-state index in [2.05, 4.69) is 9.36 Å². The minimum atomic E-state index is 0.398. The fourth-order valence-corrected chi connectivity index (χ4v) is 2.84. The van der Waals surface area contributed by atoms with Crippen LogP contribution in [0.2, 0.25) is 0 Å². The second-order valence-electron chi connectivity index (χ2n) is 4.65. The normalized spacial score (nSPS) is 14.4. The first kappa shape index (κ1) is 12.5. The first-order chi connectivity index (χ1) is 9.16. The third kappa shape index (κ3) is 2.46. The molecule has 1 heterocycles. The second kappa shape index (κ2) is 4.86. The molecule has 0 saturated heterocycles. The largest absolute Gasteiger partial charge is 0.389 e. The van der Waals surface area contributed by atoms with E-state index in [0.717, 1.165) is 22.2 Å². The molecule has 0 spiro atoms. The summed E-state index contributed by atoms with van der Waals surface area (Å²) in [4.78, 5) is 6.99. The fourth-order valence-electron chi connectivity index (χ4n) is 1.95. The molecule has 0 bridgehead atoms. The number of nitrogens with two attached hydrogens (primary N) is 1. The van der Waals surface area contributed by atoms with Gasteiger partial charge in [0.25, 0.3) is 0 Å². The van der Waals surface area contributed by atoms with Crippen LogP contribution in [0.1, 0.15) is 30.1 Å². The molecular formula is C13H14N4S2. The van der Waals surface area contributed by atoms with Crippen molar-refractivity contribution in [2.45, 2.75) is 18.8 Å². The van der Waals surface area contributed by atoms with Gasteiger partial charge in [-0.2, -0.15) is 4.37 Å². The molecule has 1 fully saturated rings. The Balaban J connectivity index is 1.93. The molecule has 1 aliphatic carbocycles. The topological polar surface area (TPSA) is 55.0 Å². The lowest BCUT2D eigenvalue weighted by Crippen LogP contribution is -2.17. The molecule has 1 aliphatic rings. The van der Waals surface area contributed by atoms with E-state index in [9.17, 15) is 0 Å². The van der Waals surface area contributed by atoms with E-state index >= 15 is 0 Å². The molecule has 0 radical (unpaired) electrons. The van der Waals surface area contributed by atoms with Crippen LogP contribution in [0, 0.1) is 0 Å². The standard InChI is InChI=1S/C13H14N4S2/c1-17(10-5-3-2-4-9(10)11(14)18)13-15-12(16-19-13)8-6-7-8/h2-5,8H,6-7H2,1H3,(H2,14,18). The molecule has 3 rings (SSSR count). The van der Waals surface area contributed by atoms with Gasteiger partial charge in [0.2, 0.25) is 5.13 Å². The maximum atomic E-state index is 5.77. The number of anilines is 2. The lowest BCUT2D eigenvalue weighted by molar-refractivity contribution is 0.976. The van der Waals surface area contributed by atoms with Crippen LogP contribution in [0.4, 0.5) is 10.8 Å². The van der Waals surface area contributed by atoms with Crippen molar-refractivity contribution in [3.63, 3.8) is 0 Å². The Hall–Kier alpha value is -1.53. The summed E-state index contributed by atoms with van der Waals surface area (Å²) in [5.74, 6) is 1.55. The molecule has 2 aromatic rings. The summed E-state index contributed by atoms with van der Waals surface area (Å²) < 4.78 is 4.42. The summed E-state index contributed by atoms with van der Waals surface area (Å²) >= 11 is 6.52. The van der Waals surface area contributed by atoms with Crippen LogP contribution < -0.4 is 10.6 Å². The number of nitrogens with zero attached hydrogens (tertiary/aromatic N) is 3. The quantitative estimate of drug-likeness (QED) is 0.878. The fraction of sp³-hybridized carbons (Fsp3) is 0.308. The van der Waals surface area contributed by atoms with Gasteiger partial charge in [-0.25, -0.2) is 4.98 Å². The van der Waals surface area contributed by atoms with Gasteiger partial charge in [0.05, 0.1) is 5.69 Å². The van der Waals surface area contributed by atoms with Crippen molar-refractivity contribution in [1.29, 1.82) is 0 Å². The lowest BCUT2D eigenvalue weighted by Gasteiger charge is -2.18. The molecule has 1 aromatic heterocycles. The van der Waals surface area contributed by atoms with Gasteiger partial charge in [0.1, 0.15) is 10.8 Å². The monoisotopic (exact) mass is 290 g/mol. The number of hydrogen-bond acceptors (Lipinski definition) is 5. The first-order valence-electron chi connectivity index (χ1n) is 6.13. The van der Waals surface area contributed by atoms with E-state index in [1.807, 2.05) is 36.2 Å². The Kier molecular flexibility index (Phi) is 3.20. The van der Waals surface area contributed by atoms with Crippen molar-refractivity contribution in [1.82, 2.24) is 9.36 Å². The van der Waals surface area contributed by atoms with Gasteiger partial charge in [-0.3, -0.25) is 0 Å². The Bertz CT molecular complexity index is 619. The van der Waals surface area contributed by atoms with Crippen LogP contribution in [-0.4, -0.2) is 21.4 Å². The number of aromatic nitrogens is 2. The third-order valence-corrected chi connectivity index (χ3v) is 4.22. The zero-order chi connectivity index (χ0) is 13.4. The smallest absolute Gasteiger partial charge is 0.209 e. The first-order valence-corrected chi connectivity index (χ1v) is 7.31. The summed E-state index contributed by atoms with van der Waals surface area (Å²) in [5.41, 5.74) is 7.60. The van der Waals surface area contributed by atoms with Crippen LogP contribution in [0.5, 0.6) is 0 Å². The summed E-state index contributed by atoms with van der Waals surface area (Å²) in [7, 11) is 1.97. The molecule has 0 aliphatic heterocycles. The molecule has 19 heavy (non-hydrogen) atoms. The third-order valence-electron chi connectivity index (χ3n) is 3.19. The Morgan fingerprint density at radius 2 is 2.16 bits per heavy atom. The van der Waals surface area contributed by atoms with Crippen LogP contribution >= 0.6 is 23.8 Å². The van der Waals surface area contributed by atoms with Crippen LogP contribution in [0.15, 0.2) is 24.3 Å². The van der Waals surface area contributed by atoms with Crippen LogP contribution in [-0.2, 0) is 0 Å². The molecule has 6 heteroatoms. The maximum absolute atomic E-state index is 5.77. The van der Waals surface area contributed by atoms with E-state index in [4.69, 9.17) is 18.0 Å². The van der Waals surface area contributed by atoms with Gasteiger partial charge in [0.15, 0.2) is 0 Å².